The largest absolute Gasteiger partial charge is 0.298 e. The molecule has 6 nitrogen and oxygen atoms in total. The Morgan fingerprint density at radius 2 is 1.76 bits per heavy atom. The van der Waals surface area contributed by atoms with Gasteiger partial charge < -0.3 is 0 Å². The van der Waals surface area contributed by atoms with Crippen molar-refractivity contribution in [3.8, 4) is 0 Å². The number of benzene rings is 1. The number of carbonyl (C=O) groups is 3. The van der Waals surface area contributed by atoms with Crippen molar-refractivity contribution in [3.05, 3.63) is 52.8 Å². The molecule has 0 aliphatic carbocycles. The molecule has 6 heteroatoms. The van der Waals surface area contributed by atoms with Gasteiger partial charge >= 0.3 is 0 Å². The van der Waals surface area contributed by atoms with E-state index < -0.39 is 0 Å². The van der Waals surface area contributed by atoms with Crippen LogP contribution in [0.5, 0.6) is 0 Å². The molecule has 0 saturated carbocycles. The van der Waals surface area contributed by atoms with Crippen molar-refractivity contribution in [1.29, 1.82) is 0 Å². The number of aromatic nitrogens is 2. The Morgan fingerprint density at radius 3 is 2.29 bits per heavy atom. The number of hydrogen-bond acceptors (Lipinski definition) is 4. The first-order valence-corrected chi connectivity index (χ1v) is 6.62. The highest BCUT2D eigenvalue weighted by Gasteiger charge is 2.35. The van der Waals surface area contributed by atoms with Crippen LogP contribution in [0.25, 0.3) is 0 Å². The number of aldehydes is 1. The lowest BCUT2D eigenvalue weighted by Gasteiger charge is -2.12. The van der Waals surface area contributed by atoms with E-state index in [1.165, 1.54) is 0 Å². The highest BCUT2D eigenvalue weighted by atomic mass is 16.2. The molecule has 0 bridgehead atoms. The Balaban J connectivity index is 1.94. The summed E-state index contributed by atoms with van der Waals surface area (Å²) in [6.45, 7) is 2.52. The standard InChI is InChI=1S/C15H13N3O3/c1-2-17-7-10(9-19)13(16-17)8-18-14(20)11-5-3-4-6-12(11)15(18)21/h3-7,9H,2,8H2,1H3. The van der Waals surface area contributed by atoms with Crippen molar-refractivity contribution in [1.82, 2.24) is 14.7 Å². The second-order valence-corrected chi connectivity index (χ2v) is 4.75. The van der Waals surface area contributed by atoms with E-state index >= 15 is 0 Å². The molecule has 2 aromatic rings. The molecular weight excluding hydrogens is 270 g/mol. The summed E-state index contributed by atoms with van der Waals surface area (Å²) < 4.78 is 1.61. The van der Waals surface area contributed by atoms with E-state index in [9.17, 15) is 14.4 Å². The molecule has 1 aromatic heterocycles. The molecule has 106 valence electrons. The fourth-order valence-electron chi connectivity index (χ4n) is 2.39. The zero-order chi connectivity index (χ0) is 15.0. The van der Waals surface area contributed by atoms with E-state index in [2.05, 4.69) is 5.10 Å². The van der Waals surface area contributed by atoms with Crippen molar-refractivity contribution in [2.45, 2.75) is 20.0 Å². The molecule has 1 aliphatic heterocycles. The lowest BCUT2D eigenvalue weighted by molar-refractivity contribution is 0.0639. The van der Waals surface area contributed by atoms with Crippen LogP contribution in [0.15, 0.2) is 30.5 Å². The maximum atomic E-state index is 12.3. The van der Waals surface area contributed by atoms with Gasteiger partial charge in [0, 0.05) is 12.7 Å². The Labute approximate surface area is 121 Å². The van der Waals surface area contributed by atoms with Crippen LogP contribution in [0, 0.1) is 0 Å². The van der Waals surface area contributed by atoms with E-state index in [0.29, 0.717) is 35.2 Å². The predicted molar refractivity (Wildman–Crippen MR) is 73.9 cm³/mol. The lowest BCUT2D eigenvalue weighted by atomic mass is 10.1. The van der Waals surface area contributed by atoms with Crippen LogP contribution < -0.4 is 0 Å². The van der Waals surface area contributed by atoms with Gasteiger partial charge in [0.1, 0.15) is 0 Å². The van der Waals surface area contributed by atoms with Crippen molar-refractivity contribution in [3.63, 3.8) is 0 Å². The molecule has 3 rings (SSSR count). The maximum absolute atomic E-state index is 12.3. The molecule has 0 fully saturated rings. The molecule has 0 atom stereocenters. The van der Waals surface area contributed by atoms with E-state index in [0.717, 1.165) is 4.90 Å². The van der Waals surface area contributed by atoms with Crippen molar-refractivity contribution >= 4 is 18.1 Å². The summed E-state index contributed by atoms with van der Waals surface area (Å²) in [5.74, 6) is -0.697. The maximum Gasteiger partial charge on any atom is 0.261 e. The number of nitrogens with zero attached hydrogens (tertiary/aromatic N) is 3. The van der Waals surface area contributed by atoms with Crippen LogP contribution in [-0.4, -0.2) is 32.8 Å². The molecule has 2 amide bonds. The third-order valence-corrected chi connectivity index (χ3v) is 3.51. The van der Waals surface area contributed by atoms with Crippen LogP contribution >= 0.6 is 0 Å². The fraction of sp³-hybridized carbons (Fsp3) is 0.200. The molecule has 0 unspecified atom stereocenters. The first-order chi connectivity index (χ1) is 10.2. The average molecular weight is 283 g/mol. The van der Waals surface area contributed by atoms with Crippen LogP contribution in [0.2, 0.25) is 0 Å². The van der Waals surface area contributed by atoms with Gasteiger partial charge in [0.15, 0.2) is 6.29 Å². The van der Waals surface area contributed by atoms with Crippen LogP contribution in [0.3, 0.4) is 0 Å². The molecule has 0 saturated heterocycles. The van der Waals surface area contributed by atoms with Gasteiger partial charge in [0.2, 0.25) is 0 Å². The van der Waals surface area contributed by atoms with Gasteiger partial charge in [0.05, 0.1) is 28.9 Å². The minimum absolute atomic E-state index is 0.00736. The number of fused-ring (bicyclic) bond motifs is 1. The van der Waals surface area contributed by atoms with Crippen molar-refractivity contribution < 1.29 is 14.4 Å². The normalized spacial score (nSPS) is 13.7. The quantitative estimate of drug-likeness (QED) is 0.630. The molecule has 0 spiro atoms. The first kappa shape index (κ1) is 13.2. The number of amides is 2. The topological polar surface area (TPSA) is 72.3 Å². The summed E-state index contributed by atoms with van der Waals surface area (Å²) >= 11 is 0. The van der Waals surface area contributed by atoms with Crippen molar-refractivity contribution in [2.75, 3.05) is 0 Å². The van der Waals surface area contributed by atoms with Crippen LogP contribution in [0.4, 0.5) is 0 Å². The van der Waals surface area contributed by atoms with Gasteiger partial charge in [-0.3, -0.25) is 24.0 Å². The van der Waals surface area contributed by atoms with Gasteiger partial charge in [-0.05, 0) is 19.1 Å². The van der Waals surface area contributed by atoms with Crippen LogP contribution in [0.1, 0.15) is 43.7 Å². The SMILES string of the molecule is CCn1cc(C=O)c(CN2C(=O)c3ccccc3C2=O)n1. The second-order valence-electron chi connectivity index (χ2n) is 4.75. The smallest absolute Gasteiger partial charge is 0.261 e. The summed E-state index contributed by atoms with van der Waals surface area (Å²) in [5.41, 5.74) is 1.62. The Morgan fingerprint density at radius 1 is 1.14 bits per heavy atom. The van der Waals surface area contributed by atoms with Crippen molar-refractivity contribution in [2.24, 2.45) is 0 Å². The number of carbonyl (C=O) groups excluding carboxylic acids is 3. The molecule has 1 aromatic carbocycles. The fourth-order valence-corrected chi connectivity index (χ4v) is 2.39. The summed E-state index contributed by atoms with van der Waals surface area (Å²) in [6.07, 6.45) is 2.30. The monoisotopic (exact) mass is 283 g/mol. The summed E-state index contributed by atoms with van der Waals surface area (Å²) in [7, 11) is 0. The van der Waals surface area contributed by atoms with Gasteiger partial charge in [-0.25, -0.2) is 0 Å². The number of imide groups is 1. The summed E-state index contributed by atoms with van der Waals surface area (Å²) in [5, 5.41) is 4.23. The van der Waals surface area contributed by atoms with E-state index in [4.69, 9.17) is 0 Å². The zero-order valence-corrected chi connectivity index (χ0v) is 11.4. The second kappa shape index (κ2) is 4.97. The zero-order valence-electron chi connectivity index (χ0n) is 11.4. The average Bonchev–Trinajstić information content (AvgIpc) is 3.02. The number of rotatable bonds is 4. The summed E-state index contributed by atoms with van der Waals surface area (Å²) in [4.78, 5) is 36.7. The Hall–Kier alpha value is -2.76. The molecule has 0 N–H and O–H groups in total. The van der Waals surface area contributed by atoms with Gasteiger partial charge in [0.25, 0.3) is 11.8 Å². The minimum atomic E-state index is -0.349. The highest BCUT2D eigenvalue weighted by molar-refractivity contribution is 6.21. The van der Waals surface area contributed by atoms with E-state index in [1.54, 1.807) is 35.1 Å². The highest BCUT2D eigenvalue weighted by Crippen LogP contribution is 2.24. The molecule has 0 radical (unpaired) electrons. The Bertz CT molecular complexity index is 713. The molecule has 2 heterocycles. The Kier molecular flexibility index (Phi) is 3.13. The number of aryl methyl sites for hydroxylation is 1. The number of hydrogen-bond donors (Lipinski definition) is 0. The first-order valence-electron chi connectivity index (χ1n) is 6.62. The van der Waals surface area contributed by atoms with E-state index in [1.807, 2.05) is 6.92 Å². The van der Waals surface area contributed by atoms with E-state index in [-0.39, 0.29) is 18.4 Å². The lowest BCUT2D eigenvalue weighted by Crippen LogP contribution is -2.29. The summed E-state index contributed by atoms with van der Waals surface area (Å²) in [6, 6.07) is 6.69. The molecule has 21 heavy (non-hydrogen) atoms. The van der Waals surface area contributed by atoms with Gasteiger partial charge in [-0.15, -0.1) is 0 Å². The molecular formula is C15H13N3O3. The van der Waals surface area contributed by atoms with Gasteiger partial charge in [-0.1, -0.05) is 12.1 Å². The third-order valence-electron chi connectivity index (χ3n) is 3.51. The van der Waals surface area contributed by atoms with Gasteiger partial charge in [-0.2, -0.15) is 5.10 Å². The minimum Gasteiger partial charge on any atom is -0.298 e. The predicted octanol–water partition coefficient (Wildman–Crippen LogP) is 1.51. The van der Waals surface area contributed by atoms with Crippen LogP contribution in [-0.2, 0) is 13.1 Å². The molecule has 1 aliphatic rings. The third kappa shape index (κ3) is 2.05.